The number of amides is 3. The van der Waals surface area contributed by atoms with Crippen molar-refractivity contribution in [1.82, 2.24) is 9.88 Å². The zero-order chi connectivity index (χ0) is 44.6. The van der Waals surface area contributed by atoms with Gasteiger partial charge in [0, 0.05) is 35.1 Å². The van der Waals surface area contributed by atoms with E-state index in [9.17, 15) is 32.7 Å². The first-order valence-corrected chi connectivity index (χ1v) is 21.8. The Morgan fingerprint density at radius 2 is 1.49 bits per heavy atom. The minimum Gasteiger partial charge on any atom is -0.479 e. The number of aryl methyl sites for hydroxylation is 1. The molecule has 0 aliphatic heterocycles. The average molecular weight is 860 g/mol. The summed E-state index contributed by atoms with van der Waals surface area (Å²) in [5, 5.41) is 16.0. The van der Waals surface area contributed by atoms with Gasteiger partial charge in [-0.3, -0.25) is 4.79 Å². The number of aromatic nitrogens is 1. The van der Waals surface area contributed by atoms with Crippen LogP contribution >= 0.6 is 0 Å². The molecule has 0 spiro atoms. The first-order valence-electron chi connectivity index (χ1n) is 20.3. The summed E-state index contributed by atoms with van der Waals surface area (Å²) < 4.78 is 52.7. The summed E-state index contributed by atoms with van der Waals surface area (Å²) in [5.74, 6) is -2.22. The molecule has 2 saturated carbocycles. The van der Waals surface area contributed by atoms with E-state index in [0.29, 0.717) is 53.4 Å². The molecule has 14 nitrogen and oxygen atoms in total. The van der Waals surface area contributed by atoms with Crippen LogP contribution in [-0.4, -0.2) is 78.0 Å². The molecule has 2 aliphatic rings. The Morgan fingerprint density at radius 3 is 2.07 bits per heavy atom. The minimum atomic E-state index is -3.45. The molecule has 2 fully saturated rings. The fourth-order valence-corrected chi connectivity index (χ4v) is 8.88. The van der Waals surface area contributed by atoms with Crippen LogP contribution in [0.2, 0.25) is 0 Å². The second-order valence-corrected chi connectivity index (χ2v) is 20.2. The topological polar surface area (TPSA) is 185 Å². The van der Waals surface area contributed by atoms with Gasteiger partial charge in [0.2, 0.25) is 5.91 Å². The highest BCUT2D eigenvalue weighted by Crippen LogP contribution is 2.43. The third-order valence-corrected chi connectivity index (χ3v) is 12.3. The monoisotopic (exact) mass is 859 g/mol. The maximum Gasteiger partial charge on any atom is 0.425 e. The Labute approximate surface area is 355 Å². The molecule has 16 heteroatoms. The lowest BCUT2D eigenvalue weighted by molar-refractivity contribution is -0.138. The molecule has 1 unspecified atom stereocenters. The number of carbonyl (C=O) groups excluding carboxylic acids is 3. The number of carboxylic acid groups (broad SMARTS) is 1. The number of anilines is 3. The van der Waals surface area contributed by atoms with Crippen LogP contribution in [-0.2, 0) is 41.9 Å². The number of carboxylic acids is 1. The SMILES string of the molecule is CN(C)Cc1cc(NC(=O)CCc2cc(C(Nc3ccc4c(N(C(=O)OC(C)(C)C)C(=O)OC(C)(C)C)ncc(F)c4c3)C(=O)O)ccc2C2CC2)ccc1S(=O)(=O)C1CC1. The number of carbonyl (C=O) groups is 4. The average Bonchev–Trinajstić information content (AvgIpc) is 4.06. The lowest BCUT2D eigenvalue weighted by Gasteiger charge is -2.28. The van der Waals surface area contributed by atoms with Crippen molar-refractivity contribution in [2.75, 3.05) is 29.6 Å². The summed E-state index contributed by atoms with van der Waals surface area (Å²) in [4.78, 5) is 59.8. The number of aliphatic carboxylic acids is 1. The van der Waals surface area contributed by atoms with E-state index in [1.165, 1.54) is 18.2 Å². The van der Waals surface area contributed by atoms with Crippen molar-refractivity contribution in [3.63, 3.8) is 0 Å². The molecule has 1 heterocycles. The van der Waals surface area contributed by atoms with Gasteiger partial charge in [-0.25, -0.2) is 32.2 Å². The van der Waals surface area contributed by atoms with Crippen LogP contribution in [0.25, 0.3) is 10.8 Å². The lowest BCUT2D eigenvalue weighted by Crippen LogP contribution is -2.44. The second kappa shape index (κ2) is 17.4. The van der Waals surface area contributed by atoms with Crippen LogP contribution < -0.4 is 15.5 Å². The van der Waals surface area contributed by atoms with Gasteiger partial charge < -0.3 is 30.1 Å². The molecule has 3 amide bonds. The van der Waals surface area contributed by atoms with Gasteiger partial charge in [-0.2, -0.15) is 4.90 Å². The number of hydrogen-bond donors (Lipinski definition) is 3. The zero-order valence-corrected chi connectivity index (χ0v) is 36.6. The Morgan fingerprint density at radius 1 is 0.852 bits per heavy atom. The number of imide groups is 1. The highest BCUT2D eigenvalue weighted by Gasteiger charge is 2.39. The summed E-state index contributed by atoms with van der Waals surface area (Å²) >= 11 is 0. The summed E-state index contributed by atoms with van der Waals surface area (Å²) in [6.07, 6.45) is 2.34. The van der Waals surface area contributed by atoms with Gasteiger partial charge >= 0.3 is 18.2 Å². The molecule has 61 heavy (non-hydrogen) atoms. The number of ether oxygens (including phenoxy) is 2. The fraction of sp³-hybridized carbons (Fsp3) is 0.444. The number of halogens is 1. The Bertz CT molecular complexity index is 2440. The van der Waals surface area contributed by atoms with Crippen molar-refractivity contribution in [1.29, 1.82) is 0 Å². The van der Waals surface area contributed by atoms with Gasteiger partial charge in [0.15, 0.2) is 21.7 Å². The number of nitrogens with one attached hydrogen (secondary N) is 2. The van der Waals surface area contributed by atoms with E-state index in [2.05, 4.69) is 15.6 Å². The van der Waals surface area contributed by atoms with Crippen LogP contribution in [0, 0.1) is 5.82 Å². The third-order valence-electron chi connectivity index (χ3n) is 9.98. The molecule has 1 aromatic heterocycles. The van der Waals surface area contributed by atoms with E-state index < -0.39 is 51.1 Å². The van der Waals surface area contributed by atoms with Crippen LogP contribution in [0.5, 0.6) is 0 Å². The van der Waals surface area contributed by atoms with Gasteiger partial charge in [-0.05, 0) is 152 Å². The molecule has 4 aromatic rings. The number of pyridine rings is 1. The van der Waals surface area contributed by atoms with Crippen LogP contribution in [0.3, 0.4) is 0 Å². The van der Waals surface area contributed by atoms with Gasteiger partial charge in [-0.1, -0.05) is 18.2 Å². The molecule has 0 radical (unpaired) electrons. The lowest BCUT2D eigenvalue weighted by atomic mass is 9.94. The second-order valence-electron chi connectivity index (χ2n) is 18.0. The largest absolute Gasteiger partial charge is 0.479 e. The highest BCUT2D eigenvalue weighted by atomic mass is 32.2. The van der Waals surface area contributed by atoms with Crippen LogP contribution in [0.4, 0.5) is 31.2 Å². The van der Waals surface area contributed by atoms with Crippen molar-refractivity contribution in [2.45, 2.75) is 120 Å². The van der Waals surface area contributed by atoms with E-state index >= 15 is 4.39 Å². The Kier molecular flexibility index (Phi) is 12.8. The molecule has 3 aromatic carbocycles. The fourth-order valence-electron chi connectivity index (χ4n) is 7.02. The number of benzene rings is 3. The maximum absolute atomic E-state index is 15.5. The molecule has 326 valence electrons. The smallest absolute Gasteiger partial charge is 0.425 e. The van der Waals surface area contributed by atoms with Crippen molar-refractivity contribution < 1.29 is 46.6 Å². The van der Waals surface area contributed by atoms with E-state index in [-0.39, 0.29) is 44.8 Å². The van der Waals surface area contributed by atoms with E-state index in [0.717, 1.165) is 30.2 Å². The van der Waals surface area contributed by atoms with Gasteiger partial charge in [0.1, 0.15) is 17.0 Å². The minimum absolute atomic E-state index is 0.0555. The highest BCUT2D eigenvalue weighted by molar-refractivity contribution is 7.92. The number of sulfone groups is 1. The number of hydrogen-bond acceptors (Lipinski definition) is 11. The molecule has 2 aliphatic carbocycles. The molecular weight excluding hydrogens is 806 g/mol. The van der Waals surface area contributed by atoms with Crippen molar-refractivity contribution in [3.05, 3.63) is 88.9 Å². The van der Waals surface area contributed by atoms with Crippen molar-refractivity contribution >= 4 is 61.9 Å². The van der Waals surface area contributed by atoms with Crippen LogP contribution in [0.1, 0.15) is 108 Å². The predicted molar refractivity (Wildman–Crippen MR) is 230 cm³/mol. The number of nitrogens with zero attached hydrogens (tertiary/aromatic N) is 3. The van der Waals surface area contributed by atoms with Gasteiger partial charge in [0.05, 0.1) is 16.3 Å². The first-order chi connectivity index (χ1) is 28.5. The Balaban J connectivity index is 1.24. The summed E-state index contributed by atoms with van der Waals surface area (Å²) in [6.45, 7) is 10.1. The van der Waals surface area contributed by atoms with E-state index in [4.69, 9.17) is 9.47 Å². The van der Waals surface area contributed by atoms with Gasteiger partial charge in [0.25, 0.3) is 0 Å². The van der Waals surface area contributed by atoms with Gasteiger partial charge in [-0.15, -0.1) is 0 Å². The number of fused-ring (bicyclic) bond motifs is 1. The van der Waals surface area contributed by atoms with Crippen molar-refractivity contribution in [2.24, 2.45) is 0 Å². The third kappa shape index (κ3) is 11.2. The summed E-state index contributed by atoms with van der Waals surface area (Å²) in [5.41, 5.74) is 1.61. The molecular formula is C45H54FN5O9S. The van der Waals surface area contributed by atoms with E-state index in [1.54, 1.807) is 71.9 Å². The standard InChI is InChI=1S/C45H54FN5O9S/c1-44(2,3)59-42(55)51(43(56)60-45(4,5)6)40-34-18-13-31(23-35(34)36(46)24-47-40)49-39(41(53)54)28-11-17-33(26-9-10-26)27(21-28)12-20-38(52)48-30-14-19-37(29(22-30)25-50(7)8)61(57,58)32-15-16-32/h11,13-14,17-19,21-24,26,32,39,49H,9-10,12,15-16,20,25H2,1-8H3,(H,48,52)(H,53,54). The normalized spacial score (nSPS) is 15.0. The zero-order valence-electron chi connectivity index (χ0n) is 35.8. The van der Waals surface area contributed by atoms with E-state index in [1.807, 2.05) is 25.1 Å². The molecule has 0 saturated heterocycles. The first kappa shape index (κ1) is 44.9. The summed E-state index contributed by atoms with van der Waals surface area (Å²) in [7, 11) is 0.250. The molecule has 1 atom stereocenters. The molecule has 6 rings (SSSR count). The molecule has 3 N–H and O–H groups in total. The molecule has 0 bridgehead atoms. The number of rotatable bonds is 14. The maximum atomic E-state index is 15.5. The quantitative estimate of drug-likeness (QED) is 0.110. The van der Waals surface area contributed by atoms with Crippen molar-refractivity contribution in [3.8, 4) is 0 Å². The Hall–Kier alpha value is -5.61. The summed E-state index contributed by atoms with van der Waals surface area (Å²) in [6, 6.07) is 13.3. The van der Waals surface area contributed by atoms with Crippen LogP contribution in [0.15, 0.2) is 65.7 Å². The predicted octanol–water partition coefficient (Wildman–Crippen LogP) is 8.73.